The maximum atomic E-state index is 12.4. The molecule has 2 rings (SSSR count). The van der Waals surface area contributed by atoms with E-state index in [-0.39, 0.29) is 24.6 Å². The summed E-state index contributed by atoms with van der Waals surface area (Å²) < 4.78 is 6.35. The van der Waals surface area contributed by atoms with Crippen LogP contribution in [0.4, 0.5) is 0 Å². The predicted octanol–water partition coefficient (Wildman–Crippen LogP) is 1.98. The van der Waals surface area contributed by atoms with Crippen molar-refractivity contribution in [3.8, 4) is 17.5 Å². The quantitative estimate of drug-likeness (QED) is 0.788. The van der Waals surface area contributed by atoms with Gasteiger partial charge in [0, 0.05) is 6.20 Å². The minimum atomic E-state index is -0.530. The first-order chi connectivity index (χ1) is 11.0. The van der Waals surface area contributed by atoms with E-state index in [1.54, 1.807) is 30.5 Å². The van der Waals surface area contributed by atoms with Gasteiger partial charge in [-0.25, -0.2) is 0 Å². The molecular weight excluding hydrogens is 294 g/mol. The van der Waals surface area contributed by atoms with Crippen molar-refractivity contribution in [1.29, 1.82) is 5.26 Å². The van der Waals surface area contributed by atoms with E-state index in [1.807, 2.05) is 19.9 Å². The van der Waals surface area contributed by atoms with Crippen LogP contribution < -0.4 is 5.56 Å². The Hall–Kier alpha value is -2.94. The van der Waals surface area contributed by atoms with E-state index in [1.165, 1.54) is 10.6 Å². The van der Waals surface area contributed by atoms with Crippen LogP contribution in [0.15, 0.2) is 41.3 Å². The smallest absolute Gasteiger partial charge is 0.326 e. The highest BCUT2D eigenvalue weighted by atomic mass is 16.5. The number of carbonyl (C=O) groups excluding carboxylic acids is 1. The summed E-state index contributed by atoms with van der Waals surface area (Å²) in [6, 6.07) is 10.1. The molecule has 0 unspecified atom stereocenters. The molecule has 0 N–H and O–H groups in total. The van der Waals surface area contributed by atoms with Crippen LogP contribution >= 0.6 is 0 Å². The monoisotopic (exact) mass is 311 g/mol. The molecular formula is C17H17N3O3. The Morgan fingerprint density at radius 3 is 2.74 bits per heavy atom. The molecule has 0 saturated carbocycles. The van der Waals surface area contributed by atoms with Gasteiger partial charge in [0.15, 0.2) is 0 Å². The van der Waals surface area contributed by atoms with Gasteiger partial charge in [-0.05, 0) is 30.2 Å². The average molecular weight is 311 g/mol. The van der Waals surface area contributed by atoms with Crippen LogP contribution in [0.25, 0.3) is 11.4 Å². The van der Waals surface area contributed by atoms with E-state index in [4.69, 9.17) is 10.00 Å². The third kappa shape index (κ3) is 4.04. The largest absolute Gasteiger partial charge is 0.464 e. The molecule has 2 heterocycles. The second kappa shape index (κ2) is 7.36. The molecule has 0 aliphatic heterocycles. The highest BCUT2D eigenvalue weighted by Gasteiger charge is 2.15. The normalized spacial score (nSPS) is 10.3. The van der Waals surface area contributed by atoms with Crippen LogP contribution in [0.3, 0.4) is 0 Å². The SMILES string of the molecule is CC(C)COC(=O)Cn1c(-c2ccccn2)ccc(C#N)c1=O. The maximum Gasteiger partial charge on any atom is 0.326 e. The Morgan fingerprint density at radius 1 is 1.35 bits per heavy atom. The molecule has 2 aromatic rings. The summed E-state index contributed by atoms with van der Waals surface area (Å²) in [5.74, 6) is -0.315. The summed E-state index contributed by atoms with van der Waals surface area (Å²) in [6.07, 6.45) is 1.60. The molecule has 0 amide bonds. The van der Waals surface area contributed by atoms with Gasteiger partial charge in [-0.1, -0.05) is 19.9 Å². The topological polar surface area (TPSA) is 85.0 Å². The summed E-state index contributed by atoms with van der Waals surface area (Å²) >= 11 is 0. The lowest BCUT2D eigenvalue weighted by atomic mass is 10.2. The van der Waals surface area contributed by atoms with Crippen molar-refractivity contribution < 1.29 is 9.53 Å². The van der Waals surface area contributed by atoms with Crippen LogP contribution in [0, 0.1) is 17.2 Å². The molecule has 2 aromatic heterocycles. The van der Waals surface area contributed by atoms with E-state index >= 15 is 0 Å². The molecule has 0 radical (unpaired) electrons. The molecule has 0 saturated heterocycles. The number of hydrogen-bond donors (Lipinski definition) is 0. The first-order valence-electron chi connectivity index (χ1n) is 7.24. The van der Waals surface area contributed by atoms with E-state index < -0.39 is 11.5 Å². The molecule has 0 fully saturated rings. The van der Waals surface area contributed by atoms with Crippen LogP contribution in [0.5, 0.6) is 0 Å². The summed E-state index contributed by atoms with van der Waals surface area (Å²) in [5, 5.41) is 9.02. The minimum Gasteiger partial charge on any atom is -0.464 e. The van der Waals surface area contributed by atoms with Crippen molar-refractivity contribution in [1.82, 2.24) is 9.55 Å². The standard InChI is InChI=1S/C17H17N3O3/c1-12(2)11-23-16(21)10-20-15(14-5-3-4-8-19-14)7-6-13(9-18)17(20)22/h3-8,12H,10-11H2,1-2H3. The van der Waals surface area contributed by atoms with Gasteiger partial charge in [0.25, 0.3) is 5.56 Å². The third-order valence-electron chi connectivity index (χ3n) is 3.09. The highest BCUT2D eigenvalue weighted by Crippen LogP contribution is 2.15. The minimum absolute atomic E-state index is 0.0265. The van der Waals surface area contributed by atoms with Crippen LogP contribution in [-0.4, -0.2) is 22.1 Å². The fourth-order valence-corrected chi connectivity index (χ4v) is 1.99. The number of nitrogens with zero attached hydrogens (tertiary/aromatic N) is 3. The number of hydrogen-bond acceptors (Lipinski definition) is 5. The Bertz CT molecular complexity index is 789. The molecule has 0 aromatic carbocycles. The molecule has 0 bridgehead atoms. The van der Waals surface area contributed by atoms with Gasteiger partial charge in [0.2, 0.25) is 0 Å². The second-order valence-electron chi connectivity index (χ2n) is 5.43. The first kappa shape index (κ1) is 16.4. The molecule has 0 aliphatic rings. The number of esters is 1. The van der Waals surface area contributed by atoms with Crippen molar-refractivity contribution in [3.05, 3.63) is 52.4 Å². The van der Waals surface area contributed by atoms with Crippen molar-refractivity contribution in [2.45, 2.75) is 20.4 Å². The van der Waals surface area contributed by atoms with Crippen molar-refractivity contribution >= 4 is 5.97 Å². The Kier molecular flexibility index (Phi) is 5.26. The van der Waals surface area contributed by atoms with Gasteiger partial charge in [0.05, 0.1) is 18.0 Å². The van der Waals surface area contributed by atoms with E-state index in [0.717, 1.165) is 0 Å². The Labute approximate surface area is 134 Å². The van der Waals surface area contributed by atoms with E-state index in [9.17, 15) is 9.59 Å². The Morgan fingerprint density at radius 2 is 2.13 bits per heavy atom. The van der Waals surface area contributed by atoms with Crippen molar-refractivity contribution in [3.63, 3.8) is 0 Å². The maximum absolute atomic E-state index is 12.4. The van der Waals surface area contributed by atoms with E-state index in [0.29, 0.717) is 11.4 Å². The lowest BCUT2D eigenvalue weighted by Crippen LogP contribution is -2.29. The number of pyridine rings is 2. The number of rotatable bonds is 5. The molecule has 6 nitrogen and oxygen atoms in total. The zero-order chi connectivity index (χ0) is 16.8. The molecule has 0 atom stereocenters. The number of aromatic nitrogens is 2. The molecule has 118 valence electrons. The van der Waals surface area contributed by atoms with E-state index in [2.05, 4.69) is 4.98 Å². The van der Waals surface area contributed by atoms with Gasteiger partial charge in [-0.15, -0.1) is 0 Å². The lowest BCUT2D eigenvalue weighted by molar-refractivity contribution is -0.145. The number of nitriles is 1. The molecule has 6 heteroatoms. The Balaban J connectivity index is 2.41. The first-order valence-corrected chi connectivity index (χ1v) is 7.24. The van der Waals surface area contributed by atoms with Gasteiger partial charge < -0.3 is 4.74 Å². The second-order valence-corrected chi connectivity index (χ2v) is 5.43. The third-order valence-corrected chi connectivity index (χ3v) is 3.09. The fraction of sp³-hybridized carbons (Fsp3) is 0.294. The fourth-order valence-electron chi connectivity index (χ4n) is 1.99. The van der Waals surface area contributed by atoms with Crippen LogP contribution in [-0.2, 0) is 16.1 Å². The predicted molar refractivity (Wildman–Crippen MR) is 84.4 cm³/mol. The van der Waals surface area contributed by atoms with Crippen LogP contribution in [0.2, 0.25) is 0 Å². The van der Waals surface area contributed by atoms with Gasteiger partial charge >= 0.3 is 5.97 Å². The highest BCUT2D eigenvalue weighted by molar-refractivity contribution is 5.70. The average Bonchev–Trinajstić information content (AvgIpc) is 2.55. The van der Waals surface area contributed by atoms with Crippen LogP contribution in [0.1, 0.15) is 19.4 Å². The summed E-state index contributed by atoms with van der Waals surface area (Å²) in [5.41, 5.74) is 0.459. The number of ether oxygens (including phenoxy) is 1. The van der Waals surface area contributed by atoms with Crippen molar-refractivity contribution in [2.24, 2.45) is 5.92 Å². The lowest BCUT2D eigenvalue weighted by Gasteiger charge is -2.13. The summed E-state index contributed by atoms with van der Waals surface area (Å²) in [7, 11) is 0. The molecule has 23 heavy (non-hydrogen) atoms. The zero-order valence-electron chi connectivity index (χ0n) is 13.0. The van der Waals surface area contributed by atoms with Crippen molar-refractivity contribution in [2.75, 3.05) is 6.61 Å². The van der Waals surface area contributed by atoms with Gasteiger partial charge in [-0.2, -0.15) is 5.26 Å². The molecule has 0 spiro atoms. The molecule has 0 aliphatic carbocycles. The van der Waals surface area contributed by atoms with Gasteiger partial charge in [-0.3, -0.25) is 19.1 Å². The van der Waals surface area contributed by atoms with Gasteiger partial charge in [0.1, 0.15) is 18.2 Å². The summed E-state index contributed by atoms with van der Waals surface area (Å²) in [6.45, 7) is 3.88. The summed E-state index contributed by atoms with van der Waals surface area (Å²) in [4.78, 5) is 28.5. The number of carbonyl (C=O) groups is 1. The zero-order valence-corrected chi connectivity index (χ0v) is 13.0.